The molecule has 0 spiro atoms. The van der Waals surface area contributed by atoms with Gasteiger partial charge >= 0.3 is 0 Å². The molecule has 0 saturated heterocycles. The predicted octanol–water partition coefficient (Wildman–Crippen LogP) is 2.78. The molecular weight excluding hydrogens is 302 g/mol. The van der Waals surface area contributed by atoms with Crippen molar-refractivity contribution in [3.8, 4) is 0 Å². The van der Waals surface area contributed by atoms with Crippen LogP contribution >= 0.6 is 11.8 Å². The van der Waals surface area contributed by atoms with E-state index in [4.69, 9.17) is 0 Å². The van der Waals surface area contributed by atoms with Gasteiger partial charge in [0.25, 0.3) is 5.69 Å². The Kier molecular flexibility index (Phi) is 4.10. The van der Waals surface area contributed by atoms with Crippen molar-refractivity contribution in [3.63, 3.8) is 0 Å². The predicted molar refractivity (Wildman–Crippen MR) is 80.6 cm³/mol. The van der Waals surface area contributed by atoms with Crippen molar-refractivity contribution < 1.29 is 4.92 Å². The Morgan fingerprint density at radius 2 is 1.82 bits per heavy atom. The van der Waals surface area contributed by atoms with E-state index in [-0.39, 0.29) is 5.69 Å². The zero-order chi connectivity index (χ0) is 15.4. The van der Waals surface area contributed by atoms with E-state index in [2.05, 4.69) is 15.5 Å². The molecule has 8 heteroatoms. The maximum absolute atomic E-state index is 10.7. The second-order valence-corrected chi connectivity index (χ2v) is 5.50. The molecule has 0 radical (unpaired) electrons. The van der Waals surface area contributed by atoms with Gasteiger partial charge in [-0.15, -0.1) is 5.10 Å². The first-order valence-corrected chi connectivity index (χ1v) is 7.26. The first-order valence-electron chi connectivity index (χ1n) is 6.45. The number of aromatic nitrogens is 4. The molecule has 0 N–H and O–H groups in total. The van der Waals surface area contributed by atoms with E-state index in [1.165, 1.54) is 23.9 Å². The van der Waals surface area contributed by atoms with Crippen molar-refractivity contribution in [1.82, 2.24) is 20.2 Å². The summed E-state index contributed by atoms with van der Waals surface area (Å²) in [5, 5.41) is 23.0. The number of nitrogens with zero attached hydrogens (tertiary/aromatic N) is 5. The maximum atomic E-state index is 10.7. The van der Waals surface area contributed by atoms with Crippen molar-refractivity contribution >= 4 is 17.4 Å². The minimum atomic E-state index is -0.419. The fraction of sp³-hybridized carbons (Fsp3) is 0.0714. The van der Waals surface area contributed by atoms with Crippen LogP contribution in [0.5, 0.6) is 0 Å². The molecule has 1 aromatic heterocycles. The molecule has 3 rings (SSSR count). The van der Waals surface area contributed by atoms with Gasteiger partial charge in [0.15, 0.2) is 0 Å². The molecule has 110 valence electrons. The van der Waals surface area contributed by atoms with Crippen LogP contribution in [-0.2, 0) is 6.54 Å². The number of non-ortho nitro benzene ring substituents is 1. The third-order valence-electron chi connectivity index (χ3n) is 2.93. The largest absolute Gasteiger partial charge is 0.269 e. The monoisotopic (exact) mass is 313 g/mol. The van der Waals surface area contributed by atoms with Crippen LogP contribution in [0.1, 0.15) is 5.56 Å². The molecule has 7 nitrogen and oxygen atoms in total. The van der Waals surface area contributed by atoms with E-state index in [1.807, 2.05) is 30.3 Å². The van der Waals surface area contributed by atoms with Crippen LogP contribution in [0.3, 0.4) is 0 Å². The molecule has 3 aromatic rings. The summed E-state index contributed by atoms with van der Waals surface area (Å²) in [6.07, 6.45) is 0. The summed E-state index contributed by atoms with van der Waals surface area (Å²) >= 11 is 1.47. The number of rotatable bonds is 5. The van der Waals surface area contributed by atoms with Gasteiger partial charge in [0.05, 0.1) is 11.5 Å². The average molecular weight is 313 g/mol. The smallest absolute Gasteiger partial charge is 0.258 e. The summed E-state index contributed by atoms with van der Waals surface area (Å²) in [6.45, 7) is 0.458. The highest BCUT2D eigenvalue weighted by Crippen LogP contribution is 2.25. The number of tetrazole rings is 1. The Morgan fingerprint density at radius 1 is 1.09 bits per heavy atom. The molecule has 0 saturated carbocycles. The fourth-order valence-electron chi connectivity index (χ4n) is 1.86. The zero-order valence-electron chi connectivity index (χ0n) is 11.4. The van der Waals surface area contributed by atoms with Crippen molar-refractivity contribution in [3.05, 3.63) is 70.3 Å². The second kappa shape index (κ2) is 6.35. The summed E-state index contributed by atoms with van der Waals surface area (Å²) in [4.78, 5) is 11.3. The molecule has 0 atom stereocenters. The minimum absolute atomic E-state index is 0.0688. The van der Waals surface area contributed by atoms with Crippen molar-refractivity contribution in [1.29, 1.82) is 0 Å². The lowest BCUT2D eigenvalue weighted by Gasteiger charge is -2.04. The van der Waals surface area contributed by atoms with Gasteiger partial charge in [-0.25, -0.2) is 4.68 Å². The van der Waals surface area contributed by atoms with Crippen LogP contribution in [0.15, 0.2) is 64.6 Å². The number of nitro benzene ring substituents is 1. The highest BCUT2D eigenvalue weighted by molar-refractivity contribution is 7.99. The first kappa shape index (κ1) is 14.2. The normalized spacial score (nSPS) is 10.5. The number of benzene rings is 2. The topological polar surface area (TPSA) is 86.7 Å². The molecule has 0 aliphatic rings. The third-order valence-corrected chi connectivity index (χ3v) is 3.91. The lowest BCUT2D eigenvalue weighted by Crippen LogP contribution is -2.03. The van der Waals surface area contributed by atoms with E-state index in [9.17, 15) is 10.1 Å². The molecule has 22 heavy (non-hydrogen) atoms. The van der Waals surface area contributed by atoms with Crippen LogP contribution < -0.4 is 0 Å². The lowest BCUT2D eigenvalue weighted by molar-refractivity contribution is -0.384. The molecule has 1 heterocycles. The highest BCUT2D eigenvalue weighted by atomic mass is 32.2. The van der Waals surface area contributed by atoms with Gasteiger partial charge in [-0.05, 0) is 39.9 Å². The molecule has 2 aromatic carbocycles. The van der Waals surface area contributed by atoms with E-state index in [0.717, 1.165) is 10.5 Å². The lowest BCUT2D eigenvalue weighted by atomic mass is 10.2. The van der Waals surface area contributed by atoms with Crippen LogP contribution in [0, 0.1) is 10.1 Å². The Labute approximate surface area is 130 Å². The summed E-state index contributed by atoms with van der Waals surface area (Å²) in [6, 6.07) is 16.2. The van der Waals surface area contributed by atoms with E-state index >= 15 is 0 Å². The molecule has 0 aliphatic carbocycles. The summed E-state index contributed by atoms with van der Waals surface area (Å²) in [5.41, 5.74) is 0.965. The Hall–Kier alpha value is -2.74. The number of nitro groups is 1. The van der Waals surface area contributed by atoms with Gasteiger partial charge in [-0.2, -0.15) is 0 Å². The number of hydrogen-bond acceptors (Lipinski definition) is 6. The first-order chi connectivity index (χ1) is 10.7. The molecule has 0 unspecified atom stereocenters. The van der Waals surface area contributed by atoms with E-state index in [1.54, 1.807) is 16.8 Å². The van der Waals surface area contributed by atoms with Crippen molar-refractivity contribution in [2.24, 2.45) is 0 Å². The molecule has 0 aliphatic heterocycles. The van der Waals surface area contributed by atoms with E-state index < -0.39 is 4.92 Å². The Bertz CT molecular complexity index is 773. The average Bonchev–Trinajstić information content (AvgIpc) is 2.96. The summed E-state index contributed by atoms with van der Waals surface area (Å²) in [5.74, 6) is 0. The van der Waals surface area contributed by atoms with E-state index in [0.29, 0.717) is 11.7 Å². The van der Waals surface area contributed by atoms with Crippen LogP contribution in [0.25, 0.3) is 0 Å². The molecule has 0 fully saturated rings. The molecule has 0 bridgehead atoms. The zero-order valence-corrected chi connectivity index (χ0v) is 12.2. The third kappa shape index (κ3) is 3.29. The van der Waals surface area contributed by atoms with Gasteiger partial charge in [-0.1, -0.05) is 30.3 Å². The number of hydrogen-bond donors (Lipinski definition) is 0. The standard InChI is InChI=1S/C14H11N5O2S/c20-19(21)12-8-6-11(7-9-12)10-18-14(15-16-17-18)22-13-4-2-1-3-5-13/h1-9H,10H2. The van der Waals surface area contributed by atoms with Gasteiger partial charge in [0, 0.05) is 17.0 Å². The molecular formula is C14H11N5O2S. The summed E-state index contributed by atoms with van der Waals surface area (Å²) < 4.78 is 1.67. The van der Waals surface area contributed by atoms with Crippen LogP contribution in [0.4, 0.5) is 5.69 Å². The Morgan fingerprint density at radius 3 is 2.50 bits per heavy atom. The quantitative estimate of drug-likeness (QED) is 0.532. The SMILES string of the molecule is O=[N+]([O-])c1ccc(Cn2nnnc2Sc2ccccc2)cc1. The molecule has 0 amide bonds. The van der Waals surface area contributed by atoms with Gasteiger partial charge < -0.3 is 0 Å². The van der Waals surface area contributed by atoms with Crippen LogP contribution in [-0.4, -0.2) is 25.1 Å². The minimum Gasteiger partial charge on any atom is -0.258 e. The van der Waals surface area contributed by atoms with Crippen molar-refractivity contribution in [2.75, 3.05) is 0 Å². The maximum Gasteiger partial charge on any atom is 0.269 e. The summed E-state index contributed by atoms with van der Waals surface area (Å²) in [7, 11) is 0. The second-order valence-electron chi connectivity index (χ2n) is 4.46. The van der Waals surface area contributed by atoms with Gasteiger partial charge in [0.2, 0.25) is 5.16 Å². The fourth-order valence-corrected chi connectivity index (χ4v) is 2.65. The van der Waals surface area contributed by atoms with Crippen LogP contribution in [0.2, 0.25) is 0 Å². The van der Waals surface area contributed by atoms with Crippen molar-refractivity contribution in [2.45, 2.75) is 16.6 Å². The highest BCUT2D eigenvalue weighted by Gasteiger charge is 2.10. The van der Waals surface area contributed by atoms with Gasteiger partial charge in [0.1, 0.15) is 0 Å². The Balaban J connectivity index is 1.76. The van der Waals surface area contributed by atoms with Gasteiger partial charge in [-0.3, -0.25) is 10.1 Å².